The van der Waals surface area contributed by atoms with Gasteiger partial charge in [0, 0.05) is 63.3 Å². The highest BCUT2D eigenvalue weighted by atomic mass is 15.0. The van der Waals surface area contributed by atoms with Crippen molar-refractivity contribution in [3.63, 3.8) is 0 Å². The Morgan fingerprint density at radius 1 is 0.414 bits per heavy atom. The summed E-state index contributed by atoms with van der Waals surface area (Å²) in [6.45, 7) is 23.4. The Morgan fingerprint density at radius 3 is 1.29 bits per heavy atom. The van der Waals surface area contributed by atoms with E-state index in [4.69, 9.17) is 0 Å². The van der Waals surface area contributed by atoms with Crippen LogP contribution in [-0.2, 0) is 21.7 Å². The van der Waals surface area contributed by atoms with Crippen LogP contribution in [0, 0.1) is 22.7 Å². The number of fused-ring (bicyclic) bond motifs is 6. The Kier molecular flexibility index (Phi) is 11.2. The minimum absolute atomic E-state index is 0.139. The lowest BCUT2D eigenvalue weighted by Gasteiger charge is -2.33. The molecule has 0 unspecified atom stereocenters. The van der Waals surface area contributed by atoms with Crippen LogP contribution in [0.5, 0.6) is 0 Å². The van der Waals surface area contributed by atoms with Crippen LogP contribution >= 0.6 is 0 Å². The molecule has 0 atom stereocenters. The zero-order chi connectivity index (χ0) is 49.3. The van der Waals surface area contributed by atoms with Gasteiger partial charge < -0.3 is 9.13 Å². The Balaban J connectivity index is 1.15. The summed E-state index contributed by atoms with van der Waals surface area (Å²) in [7, 11) is 0. The Hall–Kier alpha value is -7.80. The van der Waals surface area contributed by atoms with Gasteiger partial charge in [-0.05, 0) is 134 Å². The van der Waals surface area contributed by atoms with Gasteiger partial charge in [0.15, 0.2) is 0 Å². The number of pyridine rings is 2. The molecular formula is C64H60N6. The van der Waals surface area contributed by atoms with Crippen molar-refractivity contribution < 1.29 is 0 Å². The number of rotatable bonds is 9. The molecular weight excluding hydrogens is 853 g/mol. The molecule has 6 aromatic carbocycles. The van der Waals surface area contributed by atoms with E-state index in [0.29, 0.717) is 11.1 Å². The van der Waals surface area contributed by atoms with Crippen LogP contribution in [0.3, 0.4) is 0 Å². The average molecular weight is 913 g/mol. The predicted molar refractivity (Wildman–Crippen MR) is 290 cm³/mol. The third kappa shape index (κ3) is 7.83. The first kappa shape index (κ1) is 46.0. The van der Waals surface area contributed by atoms with Crippen LogP contribution in [0.15, 0.2) is 158 Å². The van der Waals surface area contributed by atoms with Crippen LogP contribution in [0.1, 0.15) is 115 Å². The van der Waals surface area contributed by atoms with E-state index < -0.39 is 0 Å². The maximum Gasteiger partial charge on any atom is 0.0998 e. The number of para-hydroxylation sites is 4. The molecule has 0 bridgehead atoms. The molecule has 4 aromatic heterocycles. The summed E-state index contributed by atoms with van der Waals surface area (Å²) in [6.07, 6.45) is 9.01. The van der Waals surface area contributed by atoms with E-state index >= 15 is 0 Å². The van der Waals surface area contributed by atoms with Crippen molar-refractivity contribution in [1.29, 1.82) is 10.5 Å². The third-order valence-corrected chi connectivity index (χ3v) is 14.8. The third-order valence-electron chi connectivity index (χ3n) is 14.8. The molecule has 6 nitrogen and oxygen atoms in total. The van der Waals surface area contributed by atoms with Gasteiger partial charge in [-0.1, -0.05) is 142 Å². The molecule has 4 heterocycles. The van der Waals surface area contributed by atoms with Crippen molar-refractivity contribution in [2.24, 2.45) is 0 Å². The van der Waals surface area contributed by atoms with Gasteiger partial charge in [-0.3, -0.25) is 9.97 Å². The molecule has 0 aliphatic carbocycles. The Morgan fingerprint density at radius 2 is 0.843 bits per heavy atom. The first-order valence-corrected chi connectivity index (χ1v) is 24.5. The maximum atomic E-state index is 10.5. The molecule has 10 rings (SSSR count). The van der Waals surface area contributed by atoms with Crippen molar-refractivity contribution in [2.45, 2.75) is 104 Å². The molecule has 346 valence electrons. The normalized spacial score (nSPS) is 12.5. The lowest BCUT2D eigenvalue weighted by molar-refractivity contribution is 0.377. The van der Waals surface area contributed by atoms with Crippen molar-refractivity contribution in [2.75, 3.05) is 0 Å². The SMILES string of the molecule is CC(C)(C)c1cccc2c3cccc(C(C)(C)CCC(C)(C)c4cccc5c6cccc(C(C)(C)C)c6n(-c6ccc(C#N)c(-c7ccncc7)c6)c45)c3n(-c3cc(C#N)cc(-c4ccncc4)c3)c12. The lowest BCUT2D eigenvalue weighted by atomic mass is 9.72. The molecule has 0 saturated carbocycles. The van der Waals surface area contributed by atoms with E-state index in [1.54, 1.807) is 12.4 Å². The van der Waals surface area contributed by atoms with E-state index in [-0.39, 0.29) is 21.7 Å². The molecule has 70 heavy (non-hydrogen) atoms. The van der Waals surface area contributed by atoms with Crippen LogP contribution < -0.4 is 0 Å². The highest BCUT2D eigenvalue weighted by Crippen LogP contribution is 2.48. The zero-order valence-corrected chi connectivity index (χ0v) is 42.1. The number of hydrogen-bond donors (Lipinski definition) is 0. The largest absolute Gasteiger partial charge is 0.309 e. The summed E-state index contributed by atoms with van der Waals surface area (Å²) in [5.41, 5.74) is 16.1. The van der Waals surface area contributed by atoms with Crippen molar-refractivity contribution in [3.05, 3.63) is 192 Å². The molecule has 0 aliphatic rings. The summed E-state index contributed by atoms with van der Waals surface area (Å²) in [5, 5.41) is 25.7. The molecule has 0 radical (unpaired) electrons. The molecule has 0 aliphatic heterocycles. The fraction of sp³-hybridized carbons (Fsp3) is 0.250. The van der Waals surface area contributed by atoms with Gasteiger partial charge in [0.05, 0.1) is 45.3 Å². The van der Waals surface area contributed by atoms with Gasteiger partial charge >= 0.3 is 0 Å². The van der Waals surface area contributed by atoms with Crippen molar-refractivity contribution >= 4 is 43.6 Å². The highest BCUT2D eigenvalue weighted by Gasteiger charge is 2.34. The first-order chi connectivity index (χ1) is 33.4. The predicted octanol–water partition coefficient (Wildman–Crippen LogP) is 16.4. The maximum absolute atomic E-state index is 10.5. The van der Waals surface area contributed by atoms with Gasteiger partial charge in [-0.2, -0.15) is 10.5 Å². The molecule has 0 fully saturated rings. The topological polar surface area (TPSA) is 83.2 Å². The quantitative estimate of drug-likeness (QED) is 0.144. The number of nitrogens with zero attached hydrogens (tertiary/aromatic N) is 6. The zero-order valence-electron chi connectivity index (χ0n) is 42.1. The number of aromatic nitrogens is 4. The first-order valence-electron chi connectivity index (χ1n) is 24.5. The second kappa shape index (κ2) is 17.0. The summed E-state index contributed by atoms with van der Waals surface area (Å²) < 4.78 is 4.95. The fourth-order valence-electron chi connectivity index (χ4n) is 11.0. The number of hydrogen-bond acceptors (Lipinski definition) is 4. The van der Waals surface area contributed by atoms with Crippen LogP contribution in [0.2, 0.25) is 0 Å². The molecule has 10 aromatic rings. The van der Waals surface area contributed by atoms with Gasteiger partial charge in [-0.15, -0.1) is 0 Å². The second-order valence-electron chi connectivity index (χ2n) is 22.4. The van der Waals surface area contributed by atoms with Crippen LogP contribution in [0.4, 0.5) is 0 Å². The summed E-state index contributed by atoms with van der Waals surface area (Å²) in [4.78, 5) is 8.58. The summed E-state index contributed by atoms with van der Waals surface area (Å²) in [5.74, 6) is 0. The van der Waals surface area contributed by atoms with Crippen LogP contribution in [-0.4, -0.2) is 19.1 Å². The Labute approximate surface area is 412 Å². The van der Waals surface area contributed by atoms with Crippen molar-refractivity contribution in [3.8, 4) is 45.8 Å². The monoisotopic (exact) mass is 912 g/mol. The number of benzene rings is 6. The Bertz CT molecular complexity index is 3740. The summed E-state index contributed by atoms with van der Waals surface area (Å²) >= 11 is 0. The van der Waals surface area contributed by atoms with E-state index in [9.17, 15) is 10.5 Å². The van der Waals surface area contributed by atoms with E-state index in [1.807, 2.05) is 48.8 Å². The molecule has 0 amide bonds. The highest BCUT2D eigenvalue weighted by molar-refractivity contribution is 6.13. The molecule has 6 heteroatoms. The lowest BCUT2D eigenvalue weighted by Crippen LogP contribution is -2.25. The average Bonchev–Trinajstić information content (AvgIpc) is 3.89. The fourth-order valence-corrected chi connectivity index (χ4v) is 11.0. The number of nitriles is 2. The van der Waals surface area contributed by atoms with Gasteiger partial charge in [0.2, 0.25) is 0 Å². The van der Waals surface area contributed by atoms with Gasteiger partial charge in [0.1, 0.15) is 0 Å². The van der Waals surface area contributed by atoms with Crippen molar-refractivity contribution in [1.82, 2.24) is 19.1 Å². The molecule has 0 N–H and O–H groups in total. The van der Waals surface area contributed by atoms with Gasteiger partial charge in [-0.25, -0.2) is 0 Å². The molecule has 0 saturated heterocycles. The standard InChI is InChI=1S/C64H60N6/c1-61(2,3)53-19-11-15-48-50-17-13-21-55(59(50)69(57(48)53)46-24-23-44(40-66)52(38-46)43-27-33-68-34-28-43)63(7,8)29-30-64(9,10)56-22-14-18-51-49-16-12-20-54(62(4,5)6)58(49)70(60(51)56)47-36-41(39-65)35-45(37-47)42-25-31-67-32-26-42/h11-28,31-38H,29-30H2,1-10H3. The minimum atomic E-state index is -0.280. The summed E-state index contributed by atoms with van der Waals surface area (Å²) in [6, 6.07) is 52.7. The van der Waals surface area contributed by atoms with E-state index in [2.05, 4.69) is 198 Å². The second-order valence-corrected chi connectivity index (χ2v) is 22.4. The molecule has 0 spiro atoms. The van der Waals surface area contributed by atoms with Gasteiger partial charge in [0.25, 0.3) is 0 Å². The van der Waals surface area contributed by atoms with Crippen LogP contribution in [0.25, 0.3) is 77.2 Å². The van der Waals surface area contributed by atoms with E-state index in [1.165, 1.54) is 65.9 Å². The van der Waals surface area contributed by atoms with E-state index in [0.717, 1.165) is 46.5 Å². The minimum Gasteiger partial charge on any atom is -0.309 e. The smallest absolute Gasteiger partial charge is 0.0998 e.